The first-order chi connectivity index (χ1) is 21.5. The fourth-order valence-corrected chi connectivity index (χ4v) is 7.43. The predicted molar refractivity (Wildman–Crippen MR) is 167 cm³/mol. The molecule has 0 fully saturated rings. The number of rotatable bonds is 6. The Balaban J connectivity index is 1.24. The first-order valence-corrected chi connectivity index (χ1v) is 15.6. The SMILES string of the molecule is O=C1Nc2ccc(S(=O)(=O)Nc3ccc(C(F)(F)F)cc3)cc2C1C1C(Cc2ccc3ccccc3c2O)=Cc2ccccc21. The van der Waals surface area contributed by atoms with E-state index in [9.17, 15) is 31.5 Å². The van der Waals surface area contributed by atoms with Crippen molar-refractivity contribution >= 4 is 44.2 Å². The third kappa shape index (κ3) is 5.10. The molecule has 1 heterocycles. The van der Waals surface area contributed by atoms with Crippen LogP contribution in [0.2, 0.25) is 0 Å². The number of fused-ring (bicyclic) bond motifs is 3. The largest absolute Gasteiger partial charge is 0.507 e. The van der Waals surface area contributed by atoms with Crippen molar-refractivity contribution in [1.82, 2.24) is 0 Å². The van der Waals surface area contributed by atoms with Gasteiger partial charge in [-0.05, 0) is 76.5 Å². The van der Waals surface area contributed by atoms with Gasteiger partial charge in [-0.3, -0.25) is 9.52 Å². The summed E-state index contributed by atoms with van der Waals surface area (Å²) in [5.74, 6) is -1.32. The lowest BCUT2D eigenvalue weighted by atomic mass is 9.78. The van der Waals surface area contributed by atoms with Gasteiger partial charge in [0, 0.05) is 22.7 Å². The second-order valence-corrected chi connectivity index (χ2v) is 12.9. The summed E-state index contributed by atoms with van der Waals surface area (Å²) in [6.45, 7) is 0. The van der Waals surface area contributed by atoms with Crippen molar-refractivity contribution in [2.75, 3.05) is 10.0 Å². The summed E-state index contributed by atoms with van der Waals surface area (Å²) in [6, 6.07) is 27.1. The number of carbonyl (C=O) groups is 1. The van der Waals surface area contributed by atoms with Crippen LogP contribution in [0.5, 0.6) is 5.75 Å². The minimum Gasteiger partial charge on any atom is -0.507 e. The summed E-state index contributed by atoms with van der Waals surface area (Å²) in [7, 11) is -4.21. The van der Waals surface area contributed by atoms with Crippen molar-refractivity contribution in [2.45, 2.75) is 29.3 Å². The van der Waals surface area contributed by atoms with Crippen LogP contribution < -0.4 is 10.0 Å². The van der Waals surface area contributed by atoms with E-state index >= 15 is 0 Å². The van der Waals surface area contributed by atoms with Crippen LogP contribution in [0.25, 0.3) is 16.8 Å². The van der Waals surface area contributed by atoms with Gasteiger partial charge in [0.2, 0.25) is 5.91 Å². The second-order valence-electron chi connectivity index (χ2n) is 11.2. The molecule has 5 aromatic carbocycles. The fourth-order valence-electron chi connectivity index (χ4n) is 6.34. The normalized spacial score (nSPS) is 17.5. The maximum Gasteiger partial charge on any atom is 0.416 e. The van der Waals surface area contributed by atoms with Crippen LogP contribution >= 0.6 is 0 Å². The zero-order valence-corrected chi connectivity index (χ0v) is 24.3. The second kappa shape index (κ2) is 10.5. The number of hydrogen-bond acceptors (Lipinski definition) is 4. The third-order valence-corrected chi connectivity index (χ3v) is 9.84. The van der Waals surface area contributed by atoms with E-state index < -0.39 is 33.6 Å². The smallest absolute Gasteiger partial charge is 0.416 e. The van der Waals surface area contributed by atoms with Crippen molar-refractivity contribution in [3.8, 4) is 5.75 Å². The van der Waals surface area contributed by atoms with Gasteiger partial charge in [-0.25, -0.2) is 8.42 Å². The first-order valence-electron chi connectivity index (χ1n) is 14.1. The molecule has 45 heavy (non-hydrogen) atoms. The van der Waals surface area contributed by atoms with Crippen molar-refractivity contribution < 1.29 is 31.5 Å². The summed E-state index contributed by atoms with van der Waals surface area (Å²) in [6.07, 6.45) is -2.17. The van der Waals surface area contributed by atoms with E-state index in [0.717, 1.165) is 51.7 Å². The molecule has 3 N–H and O–H groups in total. The topological polar surface area (TPSA) is 95.5 Å². The Morgan fingerprint density at radius 3 is 2.33 bits per heavy atom. The molecule has 5 aromatic rings. The Bertz CT molecular complexity index is 2140. The van der Waals surface area contributed by atoms with E-state index in [1.807, 2.05) is 66.7 Å². The van der Waals surface area contributed by atoms with Gasteiger partial charge in [0.1, 0.15) is 5.75 Å². The van der Waals surface area contributed by atoms with Crippen molar-refractivity contribution in [3.63, 3.8) is 0 Å². The highest BCUT2D eigenvalue weighted by Gasteiger charge is 2.42. The molecule has 10 heteroatoms. The summed E-state index contributed by atoms with van der Waals surface area (Å²) in [4.78, 5) is 13.5. The van der Waals surface area contributed by atoms with Gasteiger partial charge in [0.25, 0.3) is 10.0 Å². The average molecular weight is 627 g/mol. The Morgan fingerprint density at radius 2 is 1.56 bits per heavy atom. The highest BCUT2D eigenvalue weighted by Crippen LogP contribution is 2.51. The van der Waals surface area contributed by atoms with Crippen LogP contribution in [0.1, 0.15) is 39.7 Å². The number of alkyl halides is 3. The molecule has 1 aliphatic carbocycles. The maximum atomic E-state index is 13.6. The lowest BCUT2D eigenvalue weighted by molar-refractivity contribution is -0.137. The summed E-state index contributed by atoms with van der Waals surface area (Å²) in [5, 5.41) is 15.7. The zero-order valence-electron chi connectivity index (χ0n) is 23.5. The molecule has 7 rings (SSSR count). The molecule has 0 saturated carbocycles. The number of allylic oxidation sites excluding steroid dienone is 1. The lowest BCUT2D eigenvalue weighted by Crippen LogP contribution is -2.21. The quantitative estimate of drug-likeness (QED) is 0.179. The molecule has 1 aliphatic heterocycles. The van der Waals surface area contributed by atoms with E-state index in [1.165, 1.54) is 18.2 Å². The van der Waals surface area contributed by atoms with E-state index in [2.05, 4.69) is 10.0 Å². The number of hydrogen-bond donors (Lipinski definition) is 3. The molecule has 2 aliphatic rings. The molecule has 0 radical (unpaired) electrons. The molecule has 2 unspecified atom stereocenters. The van der Waals surface area contributed by atoms with Gasteiger partial charge in [-0.2, -0.15) is 13.2 Å². The molecular formula is C35H25F3N2O4S. The molecule has 1 amide bonds. The molecule has 2 atom stereocenters. The van der Waals surface area contributed by atoms with Crippen LogP contribution in [-0.4, -0.2) is 19.4 Å². The number of nitrogens with one attached hydrogen (secondary N) is 2. The summed E-state index contributed by atoms with van der Waals surface area (Å²) >= 11 is 0. The lowest BCUT2D eigenvalue weighted by Gasteiger charge is -2.23. The van der Waals surface area contributed by atoms with E-state index in [-0.39, 0.29) is 22.2 Å². The van der Waals surface area contributed by atoms with Gasteiger partial charge in [0.15, 0.2) is 0 Å². The van der Waals surface area contributed by atoms with Crippen LogP contribution in [0.4, 0.5) is 24.5 Å². The fraction of sp³-hybridized carbons (Fsp3) is 0.114. The highest BCUT2D eigenvalue weighted by atomic mass is 32.2. The van der Waals surface area contributed by atoms with Crippen LogP contribution in [0.3, 0.4) is 0 Å². The Kier molecular flexibility index (Phi) is 6.70. The number of aromatic hydroxyl groups is 1. The number of phenols is 1. The number of benzene rings is 5. The zero-order chi connectivity index (χ0) is 31.5. The van der Waals surface area contributed by atoms with Crippen molar-refractivity contribution in [3.05, 3.63) is 137 Å². The molecular weight excluding hydrogens is 601 g/mol. The van der Waals surface area contributed by atoms with E-state index in [1.54, 1.807) is 0 Å². The van der Waals surface area contributed by atoms with E-state index in [4.69, 9.17) is 0 Å². The summed E-state index contributed by atoms with van der Waals surface area (Å²) < 4.78 is 68.0. The number of phenolic OH excluding ortho intramolecular Hbond substituents is 1. The average Bonchev–Trinajstić information content (AvgIpc) is 3.53. The van der Waals surface area contributed by atoms with Gasteiger partial charge < -0.3 is 10.4 Å². The molecule has 0 spiro atoms. The standard InChI is InChI=1S/C35H25F3N2O4S/c36-35(37,38)24-11-13-25(14-12-24)40-45(43,44)26-15-16-30-29(19-26)32(34(42)39-30)31-23(17-21-6-2-3-7-27(21)31)18-22-10-9-20-5-1-4-8-28(20)33(22)41/h1-17,19,31-32,40-41H,18H2,(H,39,42). The van der Waals surface area contributed by atoms with Crippen LogP contribution in [0, 0.1) is 0 Å². The Labute approximate surface area is 256 Å². The number of sulfonamides is 1. The number of halogens is 3. The monoisotopic (exact) mass is 626 g/mol. The van der Waals surface area contributed by atoms with Gasteiger partial charge in [-0.15, -0.1) is 0 Å². The molecule has 6 nitrogen and oxygen atoms in total. The molecule has 226 valence electrons. The van der Waals surface area contributed by atoms with Crippen LogP contribution in [-0.2, 0) is 27.4 Å². The maximum absolute atomic E-state index is 13.6. The van der Waals surface area contributed by atoms with Gasteiger partial charge in [-0.1, -0.05) is 72.3 Å². The number of anilines is 2. The van der Waals surface area contributed by atoms with Crippen LogP contribution in [0.15, 0.2) is 114 Å². The predicted octanol–water partition coefficient (Wildman–Crippen LogP) is 7.82. The minimum absolute atomic E-state index is 0.0283. The molecule has 0 saturated heterocycles. The number of carbonyl (C=O) groups excluding carboxylic acids is 1. The minimum atomic E-state index is -4.55. The number of amides is 1. The van der Waals surface area contributed by atoms with E-state index in [0.29, 0.717) is 23.2 Å². The van der Waals surface area contributed by atoms with Crippen molar-refractivity contribution in [1.29, 1.82) is 0 Å². The van der Waals surface area contributed by atoms with Gasteiger partial charge in [0.05, 0.1) is 16.4 Å². The van der Waals surface area contributed by atoms with Crippen molar-refractivity contribution in [2.24, 2.45) is 0 Å². The summed E-state index contributed by atoms with van der Waals surface area (Å²) in [5.41, 5.74) is 3.50. The first kappa shape index (κ1) is 28.7. The molecule has 0 aromatic heterocycles. The highest BCUT2D eigenvalue weighted by molar-refractivity contribution is 7.92. The molecule has 0 bridgehead atoms. The third-order valence-electron chi connectivity index (χ3n) is 8.46. The Hall–Kier alpha value is -5.09. The Morgan fingerprint density at radius 1 is 0.822 bits per heavy atom. The van der Waals surface area contributed by atoms with Gasteiger partial charge >= 0.3 is 6.18 Å².